The minimum atomic E-state index is -2.78. The van der Waals surface area contributed by atoms with Gasteiger partial charge in [-0.25, -0.2) is 8.78 Å². The summed E-state index contributed by atoms with van der Waals surface area (Å²) in [6, 6.07) is 13.2. The summed E-state index contributed by atoms with van der Waals surface area (Å²) in [4.78, 5) is 6.51. The van der Waals surface area contributed by atoms with Crippen molar-refractivity contribution in [3.05, 3.63) is 64.4 Å². The topological polar surface area (TPSA) is 49.1 Å². The van der Waals surface area contributed by atoms with Gasteiger partial charge in [-0.05, 0) is 55.6 Å². The first kappa shape index (κ1) is 20.2. The summed E-state index contributed by atoms with van der Waals surface area (Å²) in [5.41, 5.74) is 1.80. The lowest BCUT2D eigenvalue weighted by Gasteiger charge is -2.48. The standard InChI is InChI=1S/C22H22ClF2N3O/c23-18-4-1-16(2-5-18)13-28-10-9-21(14-28,20-22(24,25)15-29-20)8-7-19-6-3-17(11-26)12-27-19/h1-6,12,20H,7-10,13-15H2/t20-,21-/m1/s1. The predicted molar refractivity (Wildman–Crippen MR) is 106 cm³/mol. The normalized spacial score (nSPS) is 26.1. The van der Waals surface area contributed by atoms with Gasteiger partial charge in [-0.3, -0.25) is 9.88 Å². The van der Waals surface area contributed by atoms with Crippen molar-refractivity contribution in [1.82, 2.24) is 9.88 Å². The molecule has 2 aliphatic rings. The lowest BCUT2D eigenvalue weighted by molar-refractivity contribution is -0.301. The lowest BCUT2D eigenvalue weighted by Crippen LogP contribution is -2.61. The number of hydrogen-bond acceptors (Lipinski definition) is 4. The third-order valence-electron chi connectivity index (χ3n) is 6.00. The molecule has 0 saturated carbocycles. The van der Waals surface area contributed by atoms with Crippen molar-refractivity contribution in [2.24, 2.45) is 5.41 Å². The number of likely N-dealkylation sites (tertiary alicyclic amines) is 1. The Morgan fingerprint density at radius 2 is 2.03 bits per heavy atom. The second-order valence-electron chi connectivity index (χ2n) is 8.05. The van der Waals surface area contributed by atoms with Gasteiger partial charge in [-0.1, -0.05) is 23.7 Å². The Kier molecular flexibility index (Phi) is 5.56. The average molecular weight is 418 g/mol. The molecule has 2 fully saturated rings. The Morgan fingerprint density at radius 3 is 2.62 bits per heavy atom. The monoisotopic (exact) mass is 417 g/mol. The van der Waals surface area contributed by atoms with Crippen molar-refractivity contribution < 1.29 is 13.5 Å². The Labute approximate surface area is 174 Å². The summed E-state index contributed by atoms with van der Waals surface area (Å²) < 4.78 is 34.0. The number of nitrogens with zero attached hydrogens (tertiary/aromatic N) is 3. The molecule has 29 heavy (non-hydrogen) atoms. The molecule has 2 atom stereocenters. The molecule has 3 heterocycles. The summed E-state index contributed by atoms with van der Waals surface area (Å²) in [7, 11) is 0. The summed E-state index contributed by atoms with van der Waals surface area (Å²) in [6.07, 6.45) is 2.29. The molecule has 7 heteroatoms. The molecule has 2 aromatic rings. The van der Waals surface area contributed by atoms with E-state index < -0.39 is 24.0 Å². The van der Waals surface area contributed by atoms with Crippen LogP contribution in [0.1, 0.15) is 29.7 Å². The van der Waals surface area contributed by atoms with Gasteiger partial charge in [0.05, 0.1) is 5.56 Å². The van der Waals surface area contributed by atoms with Gasteiger partial charge < -0.3 is 4.74 Å². The quantitative estimate of drug-likeness (QED) is 0.696. The number of benzene rings is 1. The second kappa shape index (κ2) is 7.98. The molecule has 2 saturated heterocycles. The first-order valence-electron chi connectivity index (χ1n) is 9.71. The first-order chi connectivity index (χ1) is 13.9. The van der Waals surface area contributed by atoms with E-state index in [4.69, 9.17) is 21.6 Å². The van der Waals surface area contributed by atoms with Crippen LogP contribution in [0.25, 0.3) is 0 Å². The molecule has 0 unspecified atom stereocenters. The van der Waals surface area contributed by atoms with Crippen LogP contribution < -0.4 is 0 Å². The highest BCUT2D eigenvalue weighted by molar-refractivity contribution is 6.30. The largest absolute Gasteiger partial charge is 0.365 e. The number of pyridine rings is 1. The summed E-state index contributed by atoms with van der Waals surface area (Å²) in [6.45, 7) is 1.52. The van der Waals surface area contributed by atoms with Crippen LogP contribution in [0.5, 0.6) is 0 Å². The fraction of sp³-hybridized carbons (Fsp3) is 0.455. The molecule has 0 spiro atoms. The SMILES string of the molecule is N#Cc1ccc(CC[C@@]2([C@H]3OCC3(F)F)CCN(Cc3ccc(Cl)cc3)C2)nc1. The van der Waals surface area contributed by atoms with E-state index >= 15 is 0 Å². The van der Waals surface area contributed by atoms with E-state index in [1.54, 1.807) is 12.1 Å². The number of hydrogen-bond donors (Lipinski definition) is 0. The van der Waals surface area contributed by atoms with Gasteiger partial charge >= 0.3 is 0 Å². The van der Waals surface area contributed by atoms with Crippen LogP contribution in [0, 0.1) is 16.7 Å². The minimum Gasteiger partial charge on any atom is -0.365 e. The average Bonchev–Trinajstić information content (AvgIpc) is 3.11. The first-order valence-corrected chi connectivity index (χ1v) is 10.1. The van der Waals surface area contributed by atoms with E-state index in [2.05, 4.69) is 9.88 Å². The smallest absolute Gasteiger partial charge is 0.297 e. The van der Waals surface area contributed by atoms with E-state index in [1.165, 1.54) is 6.20 Å². The number of aryl methyl sites for hydroxylation is 1. The Bertz CT molecular complexity index is 898. The van der Waals surface area contributed by atoms with Crippen LogP contribution in [-0.4, -0.2) is 41.6 Å². The molecule has 2 aliphatic heterocycles. The maximum Gasteiger partial charge on any atom is 0.297 e. The van der Waals surface area contributed by atoms with E-state index in [0.717, 1.165) is 17.8 Å². The molecule has 0 N–H and O–H groups in total. The Balaban J connectivity index is 1.48. The molecule has 1 aromatic carbocycles. The van der Waals surface area contributed by atoms with Crippen molar-refractivity contribution >= 4 is 11.6 Å². The molecule has 0 radical (unpaired) electrons. The molecule has 0 aliphatic carbocycles. The molecule has 0 amide bonds. The van der Waals surface area contributed by atoms with E-state index in [0.29, 0.717) is 42.9 Å². The summed E-state index contributed by atoms with van der Waals surface area (Å²) in [5, 5.41) is 9.59. The van der Waals surface area contributed by atoms with Crippen LogP contribution in [-0.2, 0) is 17.7 Å². The van der Waals surface area contributed by atoms with Gasteiger partial charge in [-0.15, -0.1) is 0 Å². The number of ether oxygens (including phenoxy) is 1. The fourth-order valence-corrected chi connectivity index (χ4v) is 4.58. The molecule has 4 nitrogen and oxygen atoms in total. The highest BCUT2D eigenvalue weighted by atomic mass is 35.5. The Morgan fingerprint density at radius 1 is 1.24 bits per heavy atom. The van der Waals surface area contributed by atoms with Crippen LogP contribution in [0.15, 0.2) is 42.6 Å². The second-order valence-corrected chi connectivity index (χ2v) is 8.49. The molecule has 4 rings (SSSR count). The van der Waals surface area contributed by atoms with Gasteiger partial charge in [0.1, 0.15) is 18.8 Å². The van der Waals surface area contributed by atoms with Gasteiger partial charge in [0.2, 0.25) is 0 Å². The van der Waals surface area contributed by atoms with Gasteiger partial charge in [-0.2, -0.15) is 5.26 Å². The van der Waals surface area contributed by atoms with Crippen LogP contribution in [0.2, 0.25) is 5.02 Å². The number of aromatic nitrogens is 1. The third kappa shape index (κ3) is 4.28. The van der Waals surface area contributed by atoms with Gasteiger partial charge in [0.15, 0.2) is 0 Å². The number of halogens is 3. The molecule has 152 valence electrons. The number of nitriles is 1. The lowest BCUT2D eigenvalue weighted by atomic mass is 9.72. The molecule has 0 bridgehead atoms. The predicted octanol–water partition coefficient (Wildman–Crippen LogP) is 4.47. The third-order valence-corrected chi connectivity index (χ3v) is 6.25. The van der Waals surface area contributed by atoms with Gasteiger partial charge in [0, 0.05) is 35.4 Å². The number of alkyl halides is 2. The van der Waals surface area contributed by atoms with E-state index in [1.807, 2.05) is 30.3 Å². The summed E-state index contributed by atoms with van der Waals surface area (Å²) >= 11 is 5.95. The van der Waals surface area contributed by atoms with Crippen molar-refractivity contribution in [3.8, 4) is 6.07 Å². The van der Waals surface area contributed by atoms with E-state index in [-0.39, 0.29) is 0 Å². The highest BCUT2D eigenvalue weighted by Crippen LogP contribution is 2.50. The Hall–Kier alpha value is -2.07. The zero-order chi connectivity index (χ0) is 20.5. The maximum absolute atomic E-state index is 14.3. The van der Waals surface area contributed by atoms with Gasteiger partial charge in [0.25, 0.3) is 5.92 Å². The van der Waals surface area contributed by atoms with E-state index in [9.17, 15) is 8.78 Å². The molecular weight excluding hydrogens is 396 g/mol. The minimum absolute atomic E-state index is 0.493. The van der Waals surface area contributed by atoms with Crippen LogP contribution in [0.3, 0.4) is 0 Å². The zero-order valence-corrected chi connectivity index (χ0v) is 16.7. The molecular formula is C22H22ClF2N3O. The zero-order valence-electron chi connectivity index (χ0n) is 16.0. The highest BCUT2D eigenvalue weighted by Gasteiger charge is 2.61. The number of rotatable bonds is 6. The van der Waals surface area contributed by atoms with Crippen molar-refractivity contribution in [2.75, 3.05) is 19.7 Å². The van der Waals surface area contributed by atoms with Crippen molar-refractivity contribution in [3.63, 3.8) is 0 Å². The fourth-order valence-electron chi connectivity index (χ4n) is 4.45. The van der Waals surface area contributed by atoms with Crippen molar-refractivity contribution in [2.45, 2.75) is 37.8 Å². The van der Waals surface area contributed by atoms with Crippen molar-refractivity contribution in [1.29, 1.82) is 5.26 Å². The van der Waals surface area contributed by atoms with Crippen LogP contribution >= 0.6 is 11.6 Å². The maximum atomic E-state index is 14.3. The molecule has 1 aromatic heterocycles. The van der Waals surface area contributed by atoms with Crippen LogP contribution in [0.4, 0.5) is 8.78 Å². The summed E-state index contributed by atoms with van der Waals surface area (Å²) in [5.74, 6) is -2.78.